The van der Waals surface area contributed by atoms with Gasteiger partial charge in [-0.05, 0) is 80.0 Å². The molecule has 3 aliphatic rings. The van der Waals surface area contributed by atoms with Gasteiger partial charge < -0.3 is 0 Å². The molecule has 0 bridgehead atoms. The summed E-state index contributed by atoms with van der Waals surface area (Å²) in [5.41, 5.74) is 0.708. The number of rotatable bonds is 6. The van der Waals surface area contributed by atoms with Crippen molar-refractivity contribution in [2.75, 3.05) is 0 Å². The van der Waals surface area contributed by atoms with Gasteiger partial charge >= 0.3 is 0 Å². The second-order valence-corrected chi connectivity index (χ2v) is 8.92. The maximum atomic E-state index is 2.53. The number of hydrogen-bond donors (Lipinski definition) is 0. The van der Waals surface area contributed by atoms with Gasteiger partial charge in [-0.2, -0.15) is 0 Å². The first-order valence-corrected chi connectivity index (χ1v) is 10.8. The molecule has 0 amide bonds. The molecule has 4 atom stereocenters. The third-order valence-corrected chi connectivity index (χ3v) is 8.44. The molecule has 3 aliphatic carbocycles. The molecule has 3 saturated carbocycles. The van der Waals surface area contributed by atoms with Crippen LogP contribution in [0.2, 0.25) is 0 Å². The minimum absolute atomic E-state index is 0.708. The first kappa shape index (κ1) is 16.8. The summed E-state index contributed by atoms with van der Waals surface area (Å²) in [4.78, 5) is 0. The Labute approximate surface area is 139 Å². The Hall–Kier alpha value is 0. The largest absolute Gasteiger partial charge is 0.0654 e. The molecule has 0 N–H and O–H groups in total. The molecule has 0 aliphatic heterocycles. The first-order valence-electron chi connectivity index (χ1n) is 10.8. The van der Waals surface area contributed by atoms with E-state index >= 15 is 0 Å². The van der Waals surface area contributed by atoms with Crippen LogP contribution in [0.5, 0.6) is 0 Å². The van der Waals surface area contributed by atoms with Gasteiger partial charge in [0.05, 0.1) is 0 Å². The fourth-order valence-electron chi connectivity index (χ4n) is 7.47. The van der Waals surface area contributed by atoms with Crippen molar-refractivity contribution in [1.29, 1.82) is 0 Å². The second-order valence-electron chi connectivity index (χ2n) is 8.92. The predicted molar refractivity (Wildman–Crippen MR) is 96.9 cm³/mol. The van der Waals surface area contributed by atoms with Crippen LogP contribution in [-0.4, -0.2) is 0 Å². The highest BCUT2D eigenvalue weighted by Crippen LogP contribution is 2.62. The maximum Gasteiger partial charge on any atom is -0.0243 e. The molecule has 0 aromatic carbocycles. The highest BCUT2D eigenvalue weighted by atomic mass is 14.6. The van der Waals surface area contributed by atoms with Crippen LogP contribution in [0.25, 0.3) is 0 Å². The zero-order valence-electron chi connectivity index (χ0n) is 15.6. The smallest absolute Gasteiger partial charge is 0.0243 e. The van der Waals surface area contributed by atoms with E-state index in [2.05, 4.69) is 20.8 Å². The Balaban J connectivity index is 1.86. The monoisotopic (exact) mass is 304 g/mol. The summed E-state index contributed by atoms with van der Waals surface area (Å²) in [5, 5.41) is 0. The van der Waals surface area contributed by atoms with Crippen molar-refractivity contribution < 1.29 is 0 Å². The van der Waals surface area contributed by atoms with E-state index < -0.39 is 0 Å². The van der Waals surface area contributed by atoms with Gasteiger partial charge in [0, 0.05) is 0 Å². The van der Waals surface area contributed by atoms with Gasteiger partial charge in [-0.15, -0.1) is 0 Å². The van der Waals surface area contributed by atoms with Crippen LogP contribution >= 0.6 is 0 Å². The van der Waals surface area contributed by atoms with E-state index in [1.54, 1.807) is 32.1 Å². The lowest BCUT2D eigenvalue weighted by molar-refractivity contribution is 0.0192. The zero-order valence-corrected chi connectivity index (χ0v) is 15.6. The van der Waals surface area contributed by atoms with Crippen LogP contribution in [0.1, 0.15) is 104 Å². The van der Waals surface area contributed by atoms with E-state index in [9.17, 15) is 0 Å². The van der Waals surface area contributed by atoms with Gasteiger partial charge in [0.15, 0.2) is 0 Å². The molecule has 0 heterocycles. The quantitative estimate of drug-likeness (QED) is 0.485. The van der Waals surface area contributed by atoms with E-state index in [0.717, 1.165) is 29.6 Å². The molecular weight excluding hydrogens is 264 g/mol. The Morgan fingerprint density at radius 1 is 0.773 bits per heavy atom. The van der Waals surface area contributed by atoms with Crippen LogP contribution < -0.4 is 0 Å². The van der Waals surface area contributed by atoms with Crippen molar-refractivity contribution in [3.8, 4) is 0 Å². The van der Waals surface area contributed by atoms with Crippen LogP contribution in [0.3, 0.4) is 0 Å². The van der Waals surface area contributed by atoms with Crippen molar-refractivity contribution in [1.82, 2.24) is 0 Å². The molecule has 128 valence electrons. The Morgan fingerprint density at radius 2 is 1.36 bits per heavy atom. The molecule has 4 unspecified atom stereocenters. The molecule has 3 rings (SSSR count). The van der Waals surface area contributed by atoms with Gasteiger partial charge in [0.1, 0.15) is 0 Å². The van der Waals surface area contributed by atoms with E-state index in [-0.39, 0.29) is 0 Å². The van der Waals surface area contributed by atoms with Crippen molar-refractivity contribution in [3.05, 3.63) is 0 Å². The van der Waals surface area contributed by atoms with Gasteiger partial charge in [-0.1, -0.05) is 59.3 Å². The minimum atomic E-state index is 0.708. The third kappa shape index (κ3) is 2.78. The van der Waals surface area contributed by atoms with Gasteiger partial charge in [0.25, 0.3) is 0 Å². The van der Waals surface area contributed by atoms with Crippen molar-refractivity contribution in [2.24, 2.45) is 35.0 Å². The highest BCUT2D eigenvalue weighted by Gasteiger charge is 2.53. The molecule has 3 fully saturated rings. The fourth-order valence-corrected chi connectivity index (χ4v) is 7.47. The van der Waals surface area contributed by atoms with E-state index in [1.807, 2.05) is 0 Å². The average molecular weight is 305 g/mol. The zero-order chi connectivity index (χ0) is 15.6. The molecule has 0 radical (unpaired) electrons. The second kappa shape index (κ2) is 7.27. The fraction of sp³-hybridized carbons (Fsp3) is 1.00. The van der Waals surface area contributed by atoms with Crippen molar-refractivity contribution >= 4 is 0 Å². The van der Waals surface area contributed by atoms with Gasteiger partial charge in [0.2, 0.25) is 0 Å². The van der Waals surface area contributed by atoms with Crippen LogP contribution in [-0.2, 0) is 0 Å². The van der Waals surface area contributed by atoms with Crippen LogP contribution in [0.4, 0.5) is 0 Å². The summed E-state index contributed by atoms with van der Waals surface area (Å²) in [7, 11) is 0. The lowest BCUT2D eigenvalue weighted by Crippen LogP contribution is -2.39. The van der Waals surface area contributed by atoms with Crippen molar-refractivity contribution in [3.63, 3.8) is 0 Å². The lowest BCUT2D eigenvalue weighted by Gasteiger charge is -2.47. The van der Waals surface area contributed by atoms with E-state index in [4.69, 9.17) is 0 Å². The highest BCUT2D eigenvalue weighted by molar-refractivity contribution is 5.02. The SMILES string of the molecule is CCCC1CC(C(CC)(CC)C2CCCC2)C2CCCCC12. The molecular formula is C22H40. The molecule has 22 heavy (non-hydrogen) atoms. The average Bonchev–Trinajstić information content (AvgIpc) is 3.20. The first-order chi connectivity index (χ1) is 10.8. The molecule has 0 heteroatoms. The Kier molecular flexibility index (Phi) is 5.56. The standard InChI is InChI=1S/C22H40/c1-4-11-17-16-21(20-15-10-9-14-19(17)20)22(5-2,6-3)18-12-7-8-13-18/h17-21H,4-16H2,1-3H3. The summed E-state index contributed by atoms with van der Waals surface area (Å²) in [6.45, 7) is 7.48. The summed E-state index contributed by atoms with van der Waals surface area (Å²) in [6, 6.07) is 0. The summed E-state index contributed by atoms with van der Waals surface area (Å²) in [5.74, 6) is 5.44. The minimum Gasteiger partial charge on any atom is -0.0654 e. The normalized spacial score (nSPS) is 36.7. The van der Waals surface area contributed by atoms with E-state index in [1.165, 1.54) is 51.4 Å². The Bertz CT molecular complexity index is 334. The predicted octanol–water partition coefficient (Wildman–Crippen LogP) is 7.23. The molecule has 0 aromatic rings. The lowest BCUT2D eigenvalue weighted by atomic mass is 9.58. The number of hydrogen-bond acceptors (Lipinski definition) is 0. The van der Waals surface area contributed by atoms with Gasteiger partial charge in [-0.3, -0.25) is 0 Å². The van der Waals surface area contributed by atoms with Crippen molar-refractivity contribution in [2.45, 2.75) is 104 Å². The number of fused-ring (bicyclic) bond motifs is 1. The molecule has 0 saturated heterocycles. The topological polar surface area (TPSA) is 0 Å². The van der Waals surface area contributed by atoms with Crippen LogP contribution in [0.15, 0.2) is 0 Å². The van der Waals surface area contributed by atoms with E-state index in [0.29, 0.717) is 5.41 Å². The van der Waals surface area contributed by atoms with Crippen LogP contribution in [0, 0.1) is 35.0 Å². The Morgan fingerprint density at radius 3 is 1.95 bits per heavy atom. The third-order valence-electron chi connectivity index (χ3n) is 8.44. The molecule has 0 aromatic heterocycles. The summed E-state index contributed by atoms with van der Waals surface area (Å²) in [6.07, 6.45) is 19.8. The summed E-state index contributed by atoms with van der Waals surface area (Å²) >= 11 is 0. The maximum absolute atomic E-state index is 2.53. The molecule has 0 nitrogen and oxygen atoms in total. The summed E-state index contributed by atoms with van der Waals surface area (Å²) < 4.78 is 0. The molecule has 0 spiro atoms. The van der Waals surface area contributed by atoms with Gasteiger partial charge in [-0.25, -0.2) is 0 Å².